The Bertz CT molecular complexity index is 431. The minimum atomic E-state index is -0.420. The van der Waals surface area contributed by atoms with Crippen molar-refractivity contribution in [1.29, 1.82) is 0 Å². The first-order chi connectivity index (χ1) is 8.44. The number of hydrogen-bond donors (Lipinski definition) is 2. The molecule has 0 spiro atoms. The van der Waals surface area contributed by atoms with Gasteiger partial charge in [-0.1, -0.05) is 24.6 Å². The van der Waals surface area contributed by atoms with Crippen molar-refractivity contribution < 1.29 is 9.84 Å². The zero-order chi connectivity index (χ0) is 13.3. The Morgan fingerprint density at radius 3 is 2.89 bits per heavy atom. The van der Waals surface area contributed by atoms with Gasteiger partial charge in [0.2, 0.25) is 0 Å². The third-order valence-corrected chi connectivity index (χ3v) is 4.13. The fourth-order valence-corrected chi connectivity index (χ4v) is 2.51. The van der Waals surface area contributed by atoms with Crippen molar-refractivity contribution in [3.8, 4) is 5.75 Å². The van der Waals surface area contributed by atoms with Crippen molar-refractivity contribution in [2.24, 2.45) is 11.1 Å². The van der Waals surface area contributed by atoms with E-state index in [-0.39, 0.29) is 11.5 Å². The van der Waals surface area contributed by atoms with Crippen LogP contribution in [0.1, 0.15) is 31.4 Å². The van der Waals surface area contributed by atoms with Gasteiger partial charge in [-0.15, -0.1) is 0 Å². The Balaban J connectivity index is 2.07. The molecule has 0 bridgehead atoms. The molecule has 3 atom stereocenters. The highest BCUT2D eigenvalue weighted by atomic mass is 16.5. The molecule has 3 heteroatoms. The molecule has 3 unspecified atom stereocenters. The van der Waals surface area contributed by atoms with E-state index in [1.54, 1.807) is 6.92 Å². The molecule has 3 nitrogen and oxygen atoms in total. The van der Waals surface area contributed by atoms with Gasteiger partial charge in [-0.3, -0.25) is 0 Å². The highest BCUT2D eigenvalue weighted by molar-refractivity contribution is 5.40. The van der Waals surface area contributed by atoms with Gasteiger partial charge in [0.1, 0.15) is 11.9 Å². The molecule has 1 aromatic carbocycles. The lowest BCUT2D eigenvalue weighted by molar-refractivity contribution is 0.0248. The minimum absolute atomic E-state index is 0.130. The van der Waals surface area contributed by atoms with Gasteiger partial charge in [-0.25, -0.2) is 0 Å². The topological polar surface area (TPSA) is 55.5 Å². The summed E-state index contributed by atoms with van der Waals surface area (Å²) in [6.45, 7) is 6.39. The maximum Gasteiger partial charge on any atom is 0.123 e. The summed E-state index contributed by atoms with van der Waals surface area (Å²) in [5.74, 6) is 0.982. The number of aliphatic hydroxyl groups is 1. The number of benzene rings is 1. The maximum atomic E-state index is 9.86. The maximum absolute atomic E-state index is 9.86. The van der Waals surface area contributed by atoms with E-state index in [2.05, 4.69) is 19.1 Å². The predicted molar refractivity (Wildman–Crippen MR) is 72.8 cm³/mol. The first-order valence-corrected chi connectivity index (χ1v) is 6.59. The van der Waals surface area contributed by atoms with Crippen LogP contribution in [0.5, 0.6) is 5.75 Å². The zero-order valence-corrected chi connectivity index (χ0v) is 11.4. The Morgan fingerprint density at radius 1 is 1.56 bits per heavy atom. The van der Waals surface area contributed by atoms with Crippen LogP contribution in [0.25, 0.3) is 0 Å². The van der Waals surface area contributed by atoms with Crippen molar-refractivity contribution in [3.05, 3.63) is 29.3 Å². The average Bonchev–Trinajstić information content (AvgIpc) is 2.69. The summed E-state index contributed by atoms with van der Waals surface area (Å²) in [6.07, 6.45) is 1.41. The molecule has 0 aliphatic carbocycles. The molecular weight excluding hydrogens is 226 g/mol. The molecule has 0 radical (unpaired) electrons. The molecule has 0 saturated carbocycles. The molecule has 100 valence electrons. The van der Waals surface area contributed by atoms with Crippen LogP contribution in [0.4, 0.5) is 0 Å². The lowest BCUT2D eigenvalue weighted by Gasteiger charge is -2.33. The highest BCUT2D eigenvalue weighted by Gasteiger charge is 2.35. The molecule has 1 aromatic rings. The van der Waals surface area contributed by atoms with E-state index in [0.717, 1.165) is 18.6 Å². The SMILES string of the molecule is Cc1ccc2c(c1)CC(CC(C)(CN)C(C)O)O2. The van der Waals surface area contributed by atoms with Crippen molar-refractivity contribution in [1.82, 2.24) is 0 Å². The van der Waals surface area contributed by atoms with E-state index in [1.807, 2.05) is 13.0 Å². The van der Waals surface area contributed by atoms with Crippen LogP contribution in [-0.2, 0) is 6.42 Å². The Hall–Kier alpha value is -1.06. The van der Waals surface area contributed by atoms with Crippen LogP contribution < -0.4 is 10.5 Å². The molecule has 0 amide bonds. The third kappa shape index (κ3) is 2.52. The molecule has 1 heterocycles. The second-order valence-corrected chi connectivity index (χ2v) is 5.79. The predicted octanol–water partition coefficient (Wildman–Crippen LogP) is 2.03. The Kier molecular flexibility index (Phi) is 3.64. The molecule has 18 heavy (non-hydrogen) atoms. The van der Waals surface area contributed by atoms with Crippen LogP contribution >= 0.6 is 0 Å². The lowest BCUT2D eigenvalue weighted by Crippen LogP contribution is -2.41. The monoisotopic (exact) mass is 249 g/mol. The summed E-state index contributed by atoms with van der Waals surface area (Å²) in [7, 11) is 0. The zero-order valence-electron chi connectivity index (χ0n) is 11.4. The van der Waals surface area contributed by atoms with Gasteiger partial charge in [0, 0.05) is 18.4 Å². The van der Waals surface area contributed by atoms with E-state index >= 15 is 0 Å². The van der Waals surface area contributed by atoms with Crippen LogP contribution in [0.15, 0.2) is 18.2 Å². The Labute approximate surface area is 109 Å². The fourth-order valence-electron chi connectivity index (χ4n) is 2.51. The van der Waals surface area contributed by atoms with Gasteiger partial charge in [-0.05, 0) is 31.9 Å². The van der Waals surface area contributed by atoms with Crippen LogP contribution in [0.2, 0.25) is 0 Å². The van der Waals surface area contributed by atoms with Crippen molar-refractivity contribution in [3.63, 3.8) is 0 Å². The molecule has 1 aliphatic heterocycles. The van der Waals surface area contributed by atoms with Crippen molar-refractivity contribution in [2.45, 2.75) is 45.8 Å². The molecule has 0 aromatic heterocycles. The van der Waals surface area contributed by atoms with Gasteiger partial charge in [0.15, 0.2) is 0 Å². The largest absolute Gasteiger partial charge is 0.490 e. The quantitative estimate of drug-likeness (QED) is 0.858. The first kappa shape index (κ1) is 13.4. The summed E-state index contributed by atoms with van der Waals surface area (Å²) in [6, 6.07) is 6.28. The number of hydrogen-bond acceptors (Lipinski definition) is 3. The van der Waals surface area contributed by atoms with Gasteiger partial charge in [0.05, 0.1) is 6.10 Å². The van der Waals surface area contributed by atoms with E-state index in [0.29, 0.717) is 6.54 Å². The first-order valence-electron chi connectivity index (χ1n) is 6.59. The summed E-state index contributed by atoms with van der Waals surface area (Å²) in [5.41, 5.74) is 8.05. The number of aryl methyl sites for hydroxylation is 1. The van der Waals surface area contributed by atoms with Crippen molar-refractivity contribution >= 4 is 0 Å². The summed E-state index contributed by atoms with van der Waals surface area (Å²) < 4.78 is 5.94. The lowest BCUT2D eigenvalue weighted by atomic mass is 9.79. The number of aliphatic hydroxyl groups excluding tert-OH is 1. The summed E-state index contributed by atoms with van der Waals surface area (Å²) >= 11 is 0. The third-order valence-electron chi connectivity index (χ3n) is 4.13. The molecule has 0 saturated heterocycles. The number of nitrogens with two attached hydrogens (primary N) is 1. The van der Waals surface area contributed by atoms with Gasteiger partial charge < -0.3 is 15.6 Å². The van der Waals surface area contributed by atoms with E-state index in [4.69, 9.17) is 10.5 Å². The summed E-state index contributed by atoms with van der Waals surface area (Å²) in [5, 5.41) is 9.86. The van der Waals surface area contributed by atoms with E-state index in [1.165, 1.54) is 11.1 Å². The molecule has 2 rings (SSSR count). The average molecular weight is 249 g/mol. The second kappa shape index (κ2) is 4.90. The van der Waals surface area contributed by atoms with Crippen LogP contribution in [0, 0.1) is 12.3 Å². The highest BCUT2D eigenvalue weighted by Crippen LogP contribution is 2.36. The minimum Gasteiger partial charge on any atom is -0.490 e. The number of fused-ring (bicyclic) bond motifs is 1. The molecule has 1 aliphatic rings. The Morgan fingerprint density at radius 2 is 2.28 bits per heavy atom. The number of ether oxygens (including phenoxy) is 1. The van der Waals surface area contributed by atoms with E-state index in [9.17, 15) is 5.11 Å². The normalized spacial score (nSPS) is 23.1. The molecular formula is C15H23NO2. The van der Waals surface area contributed by atoms with Gasteiger partial charge >= 0.3 is 0 Å². The van der Waals surface area contributed by atoms with Crippen LogP contribution in [0.3, 0.4) is 0 Å². The molecule has 3 N–H and O–H groups in total. The van der Waals surface area contributed by atoms with Crippen molar-refractivity contribution in [2.75, 3.05) is 6.54 Å². The van der Waals surface area contributed by atoms with Gasteiger partial charge in [0.25, 0.3) is 0 Å². The van der Waals surface area contributed by atoms with E-state index < -0.39 is 6.10 Å². The molecule has 0 fully saturated rings. The smallest absolute Gasteiger partial charge is 0.123 e. The fraction of sp³-hybridized carbons (Fsp3) is 0.600. The van der Waals surface area contributed by atoms with Gasteiger partial charge in [-0.2, -0.15) is 0 Å². The van der Waals surface area contributed by atoms with Crippen LogP contribution in [-0.4, -0.2) is 23.9 Å². The summed E-state index contributed by atoms with van der Waals surface area (Å²) in [4.78, 5) is 0. The number of rotatable bonds is 4. The second-order valence-electron chi connectivity index (χ2n) is 5.79. The standard InChI is InChI=1S/C15H23NO2/c1-10-4-5-14-12(6-10)7-13(18-14)8-15(3,9-16)11(2)17/h4-6,11,13,17H,7-9,16H2,1-3H3.